The molecule has 0 spiro atoms. The standard InChI is InChI=1S/C20H19N3O/c1-14(2)24-19-10-9-15-6-3-4-8-17(15)18(19)13-23-20-16(12-21)7-5-11-22-20/h3-11,14H,13H2,1-2H3,(H,22,23). The molecule has 3 aromatic rings. The quantitative estimate of drug-likeness (QED) is 0.752. The molecule has 2 aromatic carbocycles. The Hall–Kier alpha value is -3.06. The molecule has 0 aliphatic carbocycles. The summed E-state index contributed by atoms with van der Waals surface area (Å²) >= 11 is 0. The van der Waals surface area contributed by atoms with E-state index in [4.69, 9.17) is 4.74 Å². The molecule has 4 nitrogen and oxygen atoms in total. The number of nitrogens with zero attached hydrogens (tertiary/aromatic N) is 2. The van der Waals surface area contributed by atoms with Gasteiger partial charge in [0.05, 0.1) is 11.7 Å². The summed E-state index contributed by atoms with van der Waals surface area (Å²) in [5.41, 5.74) is 1.60. The van der Waals surface area contributed by atoms with E-state index in [1.807, 2.05) is 32.0 Å². The molecular weight excluding hydrogens is 298 g/mol. The summed E-state index contributed by atoms with van der Waals surface area (Å²) in [6.07, 6.45) is 1.77. The highest BCUT2D eigenvalue weighted by Gasteiger charge is 2.11. The molecule has 0 aliphatic heterocycles. The van der Waals surface area contributed by atoms with Gasteiger partial charge in [0.25, 0.3) is 0 Å². The Balaban J connectivity index is 1.99. The Morgan fingerprint density at radius 2 is 1.96 bits per heavy atom. The summed E-state index contributed by atoms with van der Waals surface area (Å²) in [6, 6.07) is 18.0. The zero-order valence-corrected chi connectivity index (χ0v) is 13.8. The molecule has 3 rings (SSSR count). The van der Waals surface area contributed by atoms with Crippen molar-refractivity contribution in [1.29, 1.82) is 5.26 Å². The van der Waals surface area contributed by atoms with Crippen molar-refractivity contribution in [3.05, 3.63) is 65.9 Å². The summed E-state index contributed by atoms with van der Waals surface area (Å²) < 4.78 is 5.97. The van der Waals surface area contributed by atoms with E-state index in [1.165, 1.54) is 0 Å². The fourth-order valence-corrected chi connectivity index (χ4v) is 2.67. The van der Waals surface area contributed by atoms with Crippen molar-refractivity contribution >= 4 is 16.6 Å². The highest BCUT2D eigenvalue weighted by Crippen LogP contribution is 2.29. The summed E-state index contributed by atoms with van der Waals surface area (Å²) in [5, 5.41) is 14.8. The van der Waals surface area contributed by atoms with Gasteiger partial charge >= 0.3 is 0 Å². The lowest BCUT2D eigenvalue weighted by atomic mass is 10.0. The van der Waals surface area contributed by atoms with Crippen molar-refractivity contribution in [3.8, 4) is 11.8 Å². The fourth-order valence-electron chi connectivity index (χ4n) is 2.67. The van der Waals surface area contributed by atoms with E-state index < -0.39 is 0 Å². The maximum atomic E-state index is 9.21. The van der Waals surface area contributed by atoms with E-state index in [-0.39, 0.29) is 6.10 Å². The normalized spacial score (nSPS) is 10.6. The molecule has 0 aliphatic rings. The Bertz CT molecular complexity index is 897. The van der Waals surface area contributed by atoms with Crippen LogP contribution in [0.15, 0.2) is 54.7 Å². The van der Waals surface area contributed by atoms with Crippen molar-refractivity contribution in [1.82, 2.24) is 4.98 Å². The number of ether oxygens (including phenoxy) is 1. The number of benzene rings is 2. The second kappa shape index (κ2) is 7.01. The van der Waals surface area contributed by atoms with Gasteiger partial charge in [-0.3, -0.25) is 0 Å². The number of anilines is 1. The van der Waals surface area contributed by atoms with Crippen LogP contribution in [-0.4, -0.2) is 11.1 Å². The lowest BCUT2D eigenvalue weighted by molar-refractivity contribution is 0.240. The third kappa shape index (κ3) is 3.31. The van der Waals surface area contributed by atoms with Crippen LogP contribution >= 0.6 is 0 Å². The molecule has 0 atom stereocenters. The number of aromatic nitrogens is 1. The lowest BCUT2D eigenvalue weighted by Gasteiger charge is -2.17. The van der Waals surface area contributed by atoms with E-state index in [0.717, 1.165) is 22.1 Å². The van der Waals surface area contributed by atoms with Gasteiger partial charge < -0.3 is 10.1 Å². The molecule has 0 radical (unpaired) electrons. The van der Waals surface area contributed by atoms with Crippen molar-refractivity contribution in [2.75, 3.05) is 5.32 Å². The number of nitriles is 1. The number of hydrogen-bond donors (Lipinski definition) is 1. The molecule has 0 saturated heterocycles. The zero-order chi connectivity index (χ0) is 16.9. The van der Waals surface area contributed by atoms with Crippen LogP contribution in [0.5, 0.6) is 5.75 Å². The third-order valence-corrected chi connectivity index (χ3v) is 3.72. The van der Waals surface area contributed by atoms with Crippen LogP contribution in [0, 0.1) is 11.3 Å². The SMILES string of the molecule is CC(C)Oc1ccc2ccccc2c1CNc1ncccc1C#N. The largest absolute Gasteiger partial charge is 0.491 e. The monoisotopic (exact) mass is 317 g/mol. The molecule has 1 heterocycles. The van der Waals surface area contributed by atoms with Gasteiger partial charge in [-0.15, -0.1) is 0 Å². The minimum absolute atomic E-state index is 0.0921. The van der Waals surface area contributed by atoms with Crippen LogP contribution in [0.2, 0.25) is 0 Å². The van der Waals surface area contributed by atoms with Gasteiger partial charge in [0, 0.05) is 18.3 Å². The molecule has 24 heavy (non-hydrogen) atoms. The predicted octanol–water partition coefficient (Wildman–Crippen LogP) is 4.51. The van der Waals surface area contributed by atoms with Gasteiger partial charge in [-0.2, -0.15) is 5.26 Å². The predicted molar refractivity (Wildman–Crippen MR) is 96.0 cm³/mol. The van der Waals surface area contributed by atoms with Crippen LogP contribution < -0.4 is 10.1 Å². The van der Waals surface area contributed by atoms with Gasteiger partial charge in [0.15, 0.2) is 0 Å². The Morgan fingerprint density at radius 1 is 1.12 bits per heavy atom. The number of fused-ring (bicyclic) bond motifs is 1. The van der Waals surface area contributed by atoms with E-state index in [2.05, 4.69) is 34.6 Å². The first kappa shape index (κ1) is 15.8. The molecule has 120 valence electrons. The fraction of sp³-hybridized carbons (Fsp3) is 0.200. The molecule has 0 bridgehead atoms. The Morgan fingerprint density at radius 3 is 2.75 bits per heavy atom. The molecule has 1 aromatic heterocycles. The second-order valence-corrected chi connectivity index (χ2v) is 5.79. The second-order valence-electron chi connectivity index (χ2n) is 5.79. The molecule has 0 unspecified atom stereocenters. The third-order valence-electron chi connectivity index (χ3n) is 3.72. The summed E-state index contributed by atoms with van der Waals surface area (Å²) in [7, 11) is 0. The highest BCUT2D eigenvalue weighted by atomic mass is 16.5. The minimum atomic E-state index is 0.0921. The van der Waals surface area contributed by atoms with Crippen LogP contribution in [-0.2, 0) is 6.54 Å². The molecule has 0 fully saturated rings. The van der Waals surface area contributed by atoms with Crippen molar-refractivity contribution < 1.29 is 4.74 Å². The van der Waals surface area contributed by atoms with Crippen molar-refractivity contribution in [3.63, 3.8) is 0 Å². The first-order chi connectivity index (χ1) is 11.7. The number of rotatable bonds is 5. The maximum absolute atomic E-state index is 9.21. The van der Waals surface area contributed by atoms with E-state index in [1.54, 1.807) is 18.3 Å². The van der Waals surface area contributed by atoms with Gasteiger partial charge in [0.2, 0.25) is 0 Å². The van der Waals surface area contributed by atoms with E-state index >= 15 is 0 Å². The number of pyridine rings is 1. The van der Waals surface area contributed by atoms with Gasteiger partial charge in [-0.25, -0.2) is 4.98 Å². The average Bonchev–Trinajstić information content (AvgIpc) is 2.60. The lowest BCUT2D eigenvalue weighted by Crippen LogP contribution is -2.10. The van der Waals surface area contributed by atoms with Crippen LogP contribution in [0.1, 0.15) is 25.0 Å². The topological polar surface area (TPSA) is 57.9 Å². The molecular formula is C20H19N3O. The summed E-state index contributed by atoms with van der Waals surface area (Å²) in [5.74, 6) is 1.44. The summed E-state index contributed by atoms with van der Waals surface area (Å²) in [6.45, 7) is 4.56. The maximum Gasteiger partial charge on any atom is 0.144 e. The number of nitrogens with one attached hydrogen (secondary N) is 1. The first-order valence-corrected chi connectivity index (χ1v) is 7.95. The van der Waals surface area contributed by atoms with E-state index in [9.17, 15) is 5.26 Å². The van der Waals surface area contributed by atoms with Crippen LogP contribution in [0.3, 0.4) is 0 Å². The van der Waals surface area contributed by atoms with E-state index in [0.29, 0.717) is 17.9 Å². The van der Waals surface area contributed by atoms with Gasteiger partial charge in [-0.05, 0) is 42.8 Å². The molecule has 0 amide bonds. The minimum Gasteiger partial charge on any atom is -0.491 e. The van der Waals surface area contributed by atoms with Crippen LogP contribution in [0.25, 0.3) is 10.8 Å². The Labute approximate surface area is 141 Å². The van der Waals surface area contributed by atoms with Crippen molar-refractivity contribution in [2.45, 2.75) is 26.5 Å². The number of hydrogen-bond acceptors (Lipinski definition) is 4. The molecule has 1 N–H and O–H groups in total. The average molecular weight is 317 g/mol. The smallest absolute Gasteiger partial charge is 0.144 e. The molecule has 0 saturated carbocycles. The van der Waals surface area contributed by atoms with Crippen LogP contribution in [0.4, 0.5) is 5.82 Å². The van der Waals surface area contributed by atoms with Gasteiger partial charge in [0.1, 0.15) is 17.6 Å². The highest BCUT2D eigenvalue weighted by molar-refractivity contribution is 5.88. The Kier molecular flexibility index (Phi) is 4.62. The summed E-state index contributed by atoms with van der Waals surface area (Å²) in [4.78, 5) is 4.26. The zero-order valence-electron chi connectivity index (χ0n) is 13.8. The van der Waals surface area contributed by atoms with Crippen molar-refractivity contribution in [2.24, 2.45) is 0 Å². The molecule has 4 heteroatoms. The van der Waals surface area contributed by atoms with Gasteiger partial charge in [-0.1, -0.05) is 30.3 Å². The first-order valence-electron chi connectivity index (χ1n) is 7.95.